The Kier molecular flexibility index (Phi) is 5.19. The second-order valence-corrected chi connectivity index (χ2v) is 13.3. The van der Waals surface area contributed by atoms with Crippen molar-refractivity contribution in [1.82, 2.24) is 0 Å². The maximum atomic E-state index is 4.86. The molecule has 2 aromatic rings. The number of rotatable bonds is 3. The Hall–Kier alpha value is -0.472. The van der Waals surface area contributed by atoms with Gasteiger partial charge in [-0.15, -0.1) is 0 Å². The van der Waals surface area contributed by atoms with Crippen molar-refractivity contribution in [3.8, 4) is 11.5 Å². The minimum absolute atomic E-state index is 0. The van der Waals surface area contributed by atoms with Gasteiger partial charge in [0.1, 0.15) is 0 Å². The number of unbranched alkanes of at least 4 members (excludes halogenated alkanes) is 1. The monoisotopic (exact) mass is 443 g/mol. The van der Waals surface area contributed by atoms with E-state index in [4.69, 9.17) is 4.74 Å². The first kappa shape index (κ1) is 15.9. The zero-order valence-electron chi connectivity index (χ0n) is 12.0. The Morgan fingerprint density at radius 2 is 1.40 bits per heavy atom. The van der Waals surface area contributed by atoms with Gasteiger partial charge in [0.25, 0.3) is 0 Å². The van der Waals surface area contributed by atoms with Crippen molar-refractivity contribution in [1.29, 1.82) is 0 Å². The number of para-hydroxylation sites is 2. The maximum Gasteiger partial charge on any atom is -1.00 e. The second kappa shape index (κ2) is 6.53. The first-order valence-corrected chi connectivity index (χ1v) is 12.1. The van der Waals surface area contributed by atoms with E-state index in [9.17, 15) is 0 Å². The number of fused-ring (bicyclic) bond motifs is 2. The molecule has 1 heterocycles. The summed E-state index contributed by atoms with van der Waals surface area (Å²) in [6.07, 6.45) is 2.60. The molecule has 107 valence electrons. The predicted octanol–water partition coefficient (Wildman–Crippen LogP) is 0.652. The van der Waals surface area contributed by atoms with Crippen LogP contribution in [0.25, 0.3) is 0 Å². The first-order valence-electron chi connectivity index (χ1n) is 7.02. The fraction of sp³-hybridized carbons (Fsp3) is 0.294. The van der Waals surface area contributed by atoms with E-state index in [1.807, 2.05) is 0 Å². The molecule has 1 aliphatic rings. The molecule has 1 aliphatic heterocycles. The van der Waals surface area contributed by atoms with Crippen LogP contribution in [0, 0.1) is 0 Å². The number of hydrogen-bond donors (Lipinski definition) is 0. The largest absolute Gasteiger partial charge is 1.00 e. The van der Waals surface area contributed by atoms with Gasteiger partial charge in [-0.3, -0.25) is 0 Å². The van der Waals surface area contributed by atoms with Crippen molar-refractivity contribution in [2.45, 2.75) is 30.7 Å². The molecule has 0 saturated heterocycles. The molecule has 0 aliphatic carbocycles. The number of halogens is 1. The summed E-state index contributed by atoms with van der Waals surface area (Å²) in [5.74, 6) is 2.43. The van der Waals surface area contributed by atoms with Crippen LogP contribution in [0.1, 0.15) is 19.8 Å². The van der Waals surface area contributed by atoms with Crippen molar-refractivity contribution in [3.05, 3.63) is 48.5 Å². The molecule has 0 bridgehead atoms. The second-order valence-electron chi connectivity index (χ2n) is 5.36. The molecule has 0 fully saturated rings. The van der Waals surface area contributed by atoms with Gasteiger partial charge < -0.3 is 24.0 Å². The summed E-state index contributed by atoms with van der Waals surface area (Å²) in [4.78, 5) is 0. The Balaban J connectivity index is 0.00000147. The third-order valence-corrected chi connectivity index (χ3v) is 12.6. The third kappa shape index (κ3) is 2.65. The summed E-state index contributed by atoms with van der Waals surface area (Å²) < 4.78 is 7.95. The molecule has 1 radical (unpaired) electrons. The molecule has 1 N–H and O–H groups in total. The van der Waals surface area contributed by atoms with Gasteiger partial charge in [-0.2, -0.15) is 0 Å². The van der Waals surface area contributed by atoms with Gasteiger partial charge in [-0.25, -0.2) is 0 Å². The van der Waals surface area contributed by atoms with E-state index in [1.165, 1.54) is 29.5 Å². The summed E-state index contributed by atoms with van der Waals surface area (Å²) in [6.45, 7) is 2.29. The van der Waals surface area contributed by atoms with E-state index >= 15 is 0 Å². The molecule has 0 amide bonds. The van der Waals surface area contributed by atoms with Crippen molar-refractivity contribution in [2.75, 3.05) is 0 Å². The topological polar surface area (TPSA) is 12.8 Å². The third-order valence-electron chi connectivity index (χ3n) is 4.03. The Morgan fingerprint density at radius 3 is 1.90 bits per heavy atom. The van der Waals surface area contributed by atoms with E-state index in [-0.39, 0.29) is 24.0 Å². The molecule has 3 heteroatoms. The van der Waals surface area contributed by atoms with Crippen LogP contribution < -0.4 is 32.7 Å². The smallest absolute Gasteiger partial charge is 1.00 e. The molecule has 0 spiro atoms. The average molecular weight is 443 g/mol. The molecule has 1 nitrogen and oxygen atoms in total. The number of ether oxygens (including phenoxy) is 1. The van der Waals surface area contributed by atoms with Gasteiger partial charge >= 0.3 is 118 Å². The normalized spacial score (nSPS) is 14.5. The fourth-order valence-corrected chi connectivity index (χ4v) is 10.9. The van der Waals surface area contributed by atoms with Gasteiger partial charge in [0.05, 0.1) is 0 Å². The predicted molar refractivity (Wildman–Crippen MR) is 84.6 cm³/mol. The zero-order valence-corrected chi connectivity index (χ0v) is 16.0. The summed E-state index contributed by atoms with van der Waals surface area (Å²) in [5, 5.41) is 1.36. The minimum Gasteiger partial charge on any atom is -1.00 e. The molecule has 0 saturated carbocycles. The summed E-state index contributed by atoms with van der Waals surface area (Å²) in [5.41, 5.74) is 2.54. The van der Waals surface area contributed by atoms with Crippen LogP contribution in [0.4, 0.5) is 0 Å². The van der Waals surface area contributed by atoms with Crippen LogP contribution in [0.5, 0.6) is 11.5 Å². The van der Waals surface area contributed by atoms with Crippen molar-refractivity contribution in [3.63, 3.8) is 0 Å². The molecular weight excluding hydrogens is 422 g/mol. The van der Waals surface area contributed by atoms with Gasteiger partial charge in [0.15, 0.2) is 0 Å². The SMILES string of the molecule is CCCC[As]1(C)c2ccccc2[OH+]c2ccccc21.[I-]. The zero-order chi connectivity index (χ0) is 13.3. The first-order chi connectivity index (χ1) is 9.25. The molecule has 0 unspecified atom stereocenters. The van der Waals surface area contributed by atoms with Gasteiger partial charge in [0, 0.05) is 0 Å². The van der Waals surface area contributed by atoms with Crippen LogP contribution in [0.15, 0.2) is 48.5 Å². The molecule has 2 aromatic carbocycles. The Labute approximate surface area is 141 Å². The van der Waals surface area contributed by atoms with E-state index in [0.717, 1.165) is 0 Å². The Bertz CT molecular complexity index is 552. The quantitative estimate of drug-likeness (QED) is 0.376. The maximum absolute atomic E-state index is 4.86. The summed E-state index contributed by atoms with van der Waals surface area (Å²) in [7, 11) is 0. The Morgan fingerprint density at radius 1 is 0.900 bits per heavy atom. The number of aromatic hydroxyl groups is 2. The summed E-state index contributed by atoms with van der Waals surface area (Å²) in [6, 6.07) is 17.6. The van der Waals surface area contributed by atoms with Gasteiger partial charge in [-0.05, 0) is 0 Å². The van der Waals surface area contributed by atoms with Crippen molar-refractivity contribution < 1.29 is 28.7 Å². The molecular formula is C17H21AsIO. The molecule has 3 rings (SSSR count). The van der Waals surface area contributed by atoms with E-state index in [1.54, 1.807) is 8.70 Å². The molecule has 20 heavy (non-hydrogen) atoms. The molecule has 0 aromatic heterocycles. The average Bonchev–Trinajstić information content (AvgIpc) is 2.46. The van der Waals surface area contributed by atoms with Crippen LogP contribution in [-0.2, 0) is 0 Å². The van der Waals surface area contributed by atoms with Crippen molar-refractivity contribution >= 4 is 22.3 Å². The van der Waals surface area contributed by atoms with E-state index in [0.29, 0.717) is 0 Å². The summed E-state index contributed by atoms with van der Waals surface area (Å²) >= 11 is -2.00. The van der Waals surface area contributed by atoms with Crippen LogP contribution >= 0.6 is 0 Å². The van der Waals surface area contributed by atoms with E-state index < -0.39 is 13.6 Å². The van der Waals surface area contributed by atoms with Gasteiger partial charge in [-0.1, -0.05) is 0 Å². The van der Waals surface area contributed by atoms with Crippen molar-refractivity contribution in [2.24, 2.45) is 0 Å². The number of hydrogen-bond acceptors (Lipinski definition) is 0. The molecule has 0 atom stereocenters. The van der Waals surface area contributed by atoms with Crippen LogP contribution in [0.3, 0.4) is 0 Å². The minimum atomic E-state index is -2.00. The van der Waals surface area contributed by atoms with Crippen LogP contribution in [0.2, 0.25) is 10.9 Å². The van der Waals surface area contributed by atoms with E-state index in [2.05, 4.69) is 61.2 Å². The van der Waals surface area contributed by atoms with Gasteiger partial charge in [0.2, 0.25) is 0 Å². The number of benzene rings is 2. The van der Waals surface area contributed by atoms with Crippen LogP contribution in [-0.4, -0.2) is 18.3 Å². The fourth-order valence-electron chi connectivity index (χ4n) is 2.93. The standard InChI is InChI=1S/C17H20AsO.HI/c1-3-4-13-18(2)14-9-5-7-11-16(14)19-17-12-8-6-10-15(17)18;/h5-12H,3-4,13H2,1-2H3;1H.